The summed E-state index contributed by atoms with van der Waals surface area (Å²) < 4.78 is 5.04. The van der Waals surface area contributed by atoms with Crippen molar-refractivity contribution in [1.82, 2.24) is 5.32 Å². The summed E-state index contributed by atoms with van der Waals surface area (Å²) in [4.78, 5) is 0. The van der Waals surface area contributed by atoms with Crippen molar-refractivity contribution in [2.45, 2.75) is 12.6 Å². The summed E-state index contributed by atoms with van der Waals surface area (Å²) in [6.45, 7) is 1.27. The van der Waals surface area contributed by atoms with Crippen LogP contribution >= 0.6 is 0 Å². The van der Waals surface area contributed by atoms with Gasteiger partial charge in [0.1, 0.15) is 0 Å². The lowest BCUT2D eigenvalue weighted by atomic mass is 10.1. The van der Waals surface area contributed by atoms with Crippen LogP contribution in [0.2, 0.25) is 0 Å². The summed E-state index contributed by atoms with van der Waals surface area (Å²) in [7, 11) is 3.62. The first-order valence-electron chi connectivity index (χ1n) is 4.77. The minimum absolute atomic E-state index is 0.242. The minimum atomic E-state index is 0.242. The van der Waals surface area contributed by atoms with E-state index in [2.05, 4.69) is 29.6 Å². The Labute approximate surface area is 85.3 Å². The van der Waals surface area contributed by atoms with Crippen LogP contribution in [0, 0.1) is 0 Å². The molecule has 0 heterocycles. The van der Waals surface area contributed by atoms with Crippen LogP contribution in [0.3, 0.4) is 0 Å². The predicted octanol–water partition coefficient (Wildman–Crippen LogP) is 1.05. The van der Waals surface area contributed by atoms with Crippen molar-refractivity contribution in [2.24, 2.45) is 5.73 Å². The maximum absolute atomic E-state index is 5.62. The summed E-state index contributed by atoms with van der Waals surface area (Å²) >= 11 is 0. The monoisotopic (exact) mass is 194 g/mol. The van der Waals surface area contributed by atoms with E-state index in [1.165, 1.54) is 11.1 Å². The van der Waals surface area contributed by atoms with Gasteiger partial charge in [0.15, 0.2) is 0 Å². The van der Waals surface area contributed by atoms with E-state index >= 15 is 0 Å². The summed E-state index contributed by atoms with van der Waals surface area (Å²) in [5.74, 6) is 0. The second-order valence-electron chi connectivity index (χ2n) is 3.25. The van der Waals surface area contributed by atoms with E-state index < -0.39 is 0 Å². The van der Waals surface area contributed by atoms with Gasteiger partial charge in [-0.15, -0.1) is 0 Å². The predicted molar refractivity (Wildman–Crippen MR) is 58.0 cm³/mol. The van der Waals surface area contributed by atoms with Crippen LogP contribution in [0.15, 0.2) is 24.3 Å². The zero-order valence-electron chi connectivity index (χ0n) is 8.79. The number of ether oxygens (including phenoxy) is 1. The Morgan fingerprint density at radius 2 is 2.00 bits per heavy atom. The van der Waals surface area contributed by atoms with Crippen molar-refractivity contribution in [1.29, 1.82) is 0 Å². The Bertz CT molecular complexity index is 254. The zero-order chi connectivity index (χ0) is 10.4. The molecule has 3 nitrogen and oxygen atoms in total. The van der Waals surface area contributed by atoms with Gasteiger partial charge >= 0.3 is 0 Å². The molecule has 1 atom stereocenters. The van der Waals surface area contributed by atoms with Crippen LogP contribution in [-0.2, 0) is 11.3 Å². The van der Waals surface area contributed by atoms with Gasteiger partial charge in [0, 0.05) is 19.7 Å². The lowest BCUT2D eigenvalue weighted by Crippen LogP contribution is -2.24. The topological polar surface area (TPSA) is 47.3 Å². The smallest absolute Gasteiger partial charge is 0.0713 e. The van der Waals surface area contributed by atoms with Crippen molar-refractivity contribution in [3.8, 4) is 0 Å². The van der Waals surface area contributed by atoms with Crippen LogP contribution in [0.4, 0.5) is 0 Å². The third kappa shape index (κ3) is 2.80. The maximum Gasteiger partial charge on any atom is 0.0713 e. The van der Waals surface area contributed by atoms with Gasteiger partial charge in [-0.2, -0.15) is 0 Å². The molecule has 14 heavy (non-hydrogen) atoms. The lowest BCUT2D eigenvalue weighted by molar-refractivity contribution is 0.185. The molecule has 0 bridgehead atoms. The van der Waals surface area contributed by atoms with Crippen LogP contribution in [0.1, 0.15) is 17.2 Å². The molecule has 0 fully saturated rings. The molecule has 0 spiro atoms. The SMILES string of the molecule is CNC(CN)c1ccc(COC)cc1. The largest absolute Gasteiger partial charge is 0.380 e. The molecule has 0 saturated carbocycles. The standard InChI is InChI=1S/C11H18N2O/c1-13-11(7-12)10-5-3-9(4-6-10)8-14-2/h3-6,11,13H,7-8,12H2,1-2H3. The van der Waals surface area contributed by atoms with E-state index in [4.69, 9.17) is 10.5 Å². The van der Waals surface area contributed by atoms with Gasteiger partial charge in [-0.3, -0.25) is 0 Å². The highest BCUT2D eigenvalue weighted by Crippen LogP contribution is 2.12. The third-order valence-electron chi connectivity index (χ3n) is 2.28. The van der Waals surface area contributed by atoms with E-state index in [0.717, 1.165) is 0 Å². The van der Waals surface area contributed by atoms with Crippen LogP contribution in [0.25, 0.3) is 0 Å². The molecule has 3 N–H and O–H groups in total. The molecule has 0 aliphatic carbocycles. The third-order valence-corrected chi connectivity index (χ3v) is 2.28. The van der Waals surface area contributed by atoms with E-state index in [1.807, 2.05) is 7.05 Å². The Morgan fingerprint density at radius 1 is 1.36 bits per heavy atom. The molecule has 0 aliphatic heterocycles. The molecule has 0 aromatic heterocycles. The molecular weight excluding hydrogens is 176 g/mol. The first-order valence-corrected chi connectivity index (χ1v) is 4.77. The van der Waals surface area contributed by atoms with Gasteiger partial charge in [0.2, 0.25) is 0 Å². The highest BCUT2D eigenvalue weighted by molar-refractivity contribution is 5.24. The van der Waals surface area contributed by atoms with Crippen molar-refractivity contribution in [3.05, 3.63) is 35.4 Å². The zero-order valence-corrected chi connectivity index (χ0v) is 8.79. The number of benzene rings is 1. The van der Waals surface area contributed by atoms with Crippen molar-refractivity contribution in [3.63, 3.8) is 0 Å². The molecule has 1 aromatic carbocycles. The number of likely N-dealkylation sites (N-methyl/N-ethyl adjacent to an activating group) is 1. The summed E-state index contributed by atoms with van der Waals surface area (Å²) in [5.41, 5.74) is 8.03. The van der Waals surface area contributed by atoms with E-state index in [0.29, 0.717) is 13.2 Å². The van der Waals surface area contributed by atoms with E-state index in [9.17, 15) is 0 Å². The summed E-state index contributed by atoms with van der Waals surface area (Å²) in [6.07, 6.45) is 0. The maximum atomic E-state index is 5.62. The molecule has 3 heteroatoms. The normalized spacial score (nSPS) is 12.8. The van der Waals surface area contributed by atoms with Crippen LogP contribution in [-0.4, -0.2) is 20.7 Å². The first kappa shape index (κ1) is 11.2. The van der Waals surface area contributed by atoms with Crippen molar-refractivity contribution < 1.29 is 4.74 Å². The molecule has 0 amide bonds. The average Bonchev–Trinajstić information content (AvgIpc) is 2.23. The number of hydrogen-bond donors (Lipinski definition) is 2. The van der Waals surface area contributed by atoms with Gasteiger partial charge in [-0.25, -0.2) is 0 Å². The molecule has 1 aromatic rings. The highest BCUT2D eigenvalue weighted by atomic mass is 16.5. The van der Waals surface area contributed by atoms with Crippen molar-refractivity contribution >= 4 is 0 Å². The molecule has 1 rings (SSSR count). The second kappa shape index (κ2) is 5.75. The van der Waals surface area contributed by atoms with Gasteiger partial charge < -0.3 is 15.8 Å². The van der Waals surface area contributed by atoms with E-state index in [-0.39, 0.29) is 6.04 Å². The fourth-order valence-corrected chi connectivity index (χ4v) is 1.43. The number of rotatable bonds is 5. The number of methoxy groups -OCH3 is 1. The number of nitrogens with one attached hydrogen (secondary N) is 1. The number of hydrogen-bond acceptors (Lipinski definition) is 3. The Hall–Kier alpha value is -0.900. The van der Waals surface area contributed by atoms with Crippen LogP contribution in [0.5, 0.6) is 0 Å². The molecule has 0 radical (unpaired) electrons. The Morgan fingerprint density at radius 3 is 2.43 bits per heavy atom. The summed E-state index contributed by atoms with van der Waals surface area (Å²) in [5, 5.41) is 3.16. The Kier molecular flexibility index (Phi) is 4.59. The van der Waals surface area contributed by atoms with Gasteiger partial charge in [0.05, 0.1) is 6.61 Å². The molecule has 1 unspecified atom stereocenters. The molecule has 78 valence electrons. The first-order chi connectivity index (χ1) is 6.81. The van der Waals surface area contributed by atoms with Crippen LogP contribution < -0.4 is 11.1 Å². The fraction of sp³-hybridized carbons (Fsp3) is 0.455. The summed E-state index contributed by atoms with van der Waals surface area (Å²) in [6, 6.07) is 8.55. The fourth-order valence-electron chi connectivity index (χ4n) is 1.43. The lowest BCUT2D eigenvalue weighted by Gasteiger charge is -2.14. The number of nitrogens with two attached hydrogens (primary N) is 1. The average molecular weight is 194 g/mol. The van der Waals surface area contributed by atoms with Gasteiger partial charge in [-0.05, 0) is 18.2 Å². The second-order valence-corrected chi connectivity index (χ2v) is 3.25. The molecule has 0 saturated heterocycles. The van der Waals surface area contributed by atoms with Crippen molar-refractivity contribution in [2.75, 3.05) is 20.7 Å². The van der Waals surface area contributed by atoms with Gasteiger partial charge in [-0.1, -0.05) is 24.3 Å². The highest BCUT2D eigenvalue weighted by Gasteiger charge is 2.05. The Balaban J connectivity index is 2.71. The quantitative estimate of drug-likeness (QED) is 0.736. The van der Waals surface area contributed by atoms with Gasteiger partial charge in [0.25, 0.3) is 0 Å². The minimum Gasteiger partial charge on any atom is -0.380 e. The molecule has 0 aliphatic rings. The van der Waals surface area contributed by atoms with E-state index in [1.54, 1.807) is 7.11 Å². The molecular formula is C11H18N2O.